The maximum Gasteiger partial charge on any atom is 0.357 e. The number of hydrogen-bond donors (Lipinski definition) is 1. The summed E-state index contributed by atoms with van der Waals surface area (Å²) in [5, 5.41) is 3.85. The minimum absolute atomic E-state index is 0.378. The Kier molecular flexibility index (Phi) is 6.75. The fourth-order valence-corrected chi connectivity index (χ4v) is 2.16. The lowest BCUT2D eigenvalue weighted by atomic mass is 10.4. The van der Waals surface area contributed by atoms with Gasteiger partial charge in [-0.1, -0.05) is 0 Å². The Hall–Kier alpha value is -1.18. The van der Waals surface area contributed by atoms with Crippen LogP contribution in [0.1, 0.15) is 15.4 Å². The number of nitrogens with zero attached hydrogens (tertiary/aromatic N) is 2. The fourth-order valence-electron chi connectivity index (χ4n) is 1.34. The summed E-state index contributed by atoms with van der Waals surface area (Å²) in [5.74, 6) is -0.399. The monoisotopic (exact) mass is 287 g/mol. The van der Waals surface area contributed by atoms with Gasteiger partial charge in [0, 0.05) is 18.0 Å². The number of esters is 1. The number of methoxy groups -OCH3 is 1. The third kappa shape index (κ3) is 5.54. The van der Waals surface area contributed by atoms with Gasteiger partial charge in [-0.3, -0.25) is 0 Å². The van der Waals surface area contributed by atoms with Crippen LogP contribution in [0.2, 0.25) is 0 Å². The molecule has 1 aromatic rings. The Labute approximate surface area is 117 Å². The highest BCUT2D eigenvalue weighted by Gasteiger charge is 2.15. The van der Waals surface area contributed by atoms with Gasteiger partial charge in [0.2, 0.25) is 0 Å². The second-order valence-corrected chi connectivity index (χ2v) is 5.46. The van der Waals surface area contributed by atoms with E-state index in [4.69, 9.17) is 4.74 Å². The third-order valence-corrected chi connectivity index (χ3v) is 3.31. The molecule has 0 bridgehead atoms. The van der Waals surface area contributed by atoms with E-state index < -0.39 is 5.97 Å². The van der Waals surface area contributed by atoms with Crippen molar-refractivity contribution in [3.63, 3.8) is 0 Å². The fraction of sp³-hybridized carbons (Fsp3) is 0.667. The lowest BCUT2D eigenvalue weighted by Crippen LogP contribution is -2.20. The number of anilines is 1. The normalized spacial score (nSPS) is 10.8. The van der Waals surface area contributed by atoms with Crippen LogP contribution in [0, 0.1) is 6.92 Å². The number of likely N-dealkylation sites (N-methyl/N-ethyl adjacent to an activating group) is 1. The summed E-state index contributed by atoms with van der Waals surface area (Å²) in [4.78, 5) is 18.5. The third-order valence-electron chi connectivity index (χ3n) is 2.38. The van der Waals surface area contributed by atoms with Crippen LogP contribution in [0.3, 0.4) is 0 Å². The smallest absolute Gasteiger partial charge is 0.357 e. The molecule has 0 aliphatic rings. The van der Waals surface area contributed by atoms with Crippen LogP contribution in [-0.2, 0) is 9.47 Å². The number of ether oxygens (including phenoxy) is 2. The summed E-state index contributed by atoms with van der Waals surface area (Å²) in [5.41, 5.74) is 0.378. The number of thiazole rings is 1. The van der Waals surface area contributed by atoms with Gasteiger partial charge >= 0.3 is 5.97 Å². The van der Waals surface area contributed by atoms with Crippen molar-refractivity contribution in [1.29, 1.82) is 0 Å². The number of carbonyl (C=O) groups excluding carboxylic acids is 1. The lowest BCUT2D eigenvalue weighted by molar-refractivity contribution is 0.0594. The summed E-state index contributed by atoms with van der Waals surface area (Å²) in [6, 6.07) is 0. The Morgan fingerprint density at radius 1 is 1.42 bits per heavy atom. The molecule has 0 aromatic carbocycles. The molecule has 1 N–H and O–H groups in total. The van der Waals surface area contributed by atoms with Gasteiger partial charge in [-0.15, -0.1) is 11.3 Å². The second kappa shape index (κ2) is 8.08. The van der Waals surface area contributed by atoms with Gasteiger partial charge in [0.25, 0.3) is 0 Å². The molecule has 6 nitrogen and oxygen atoms in total. The van der Waals surface area contributed by atoms with Crippen LogP contribution < -0.4 is 5.32 Å². The zero-order valence-corrected chi connectivity index (χ0v) is 12.7. The van der Waals surface area contributed by atoms with Gasteiger partial charge < -0.3 is 19.7 Å². The highest BCUT2D eigenvalue weighted by molar-refractivity contribution is 7.15. The zero-order valence-electron chi connectivity index (χ0n) is 11.9. The summed E-state index contributed by atoms with van der Waals surface area (Å²) in [7, 11) is 5.37. The SMILES string of the molecule is COC(=O)c1nc(NCCOCCN(C)C)sc1C. The molecule has 7 heteroatoms. The molecule has 0 radical (unpaired) electrons. The molecule has 0 fully saturated rings. The predicted molar refractivity (Wildman–Crippen MR) is 76.1 cm³/mol. The Bertz CT molecular complexity index is 407. The van der Waals surface area contributed by atoms with Crippen LogP contribution in [0.5, 0.6) is 0 Å². The highest BCUT2D eigenvalue weighted by atomic mass is 32.1. The second-order valence-electron chi connectivity index (χ2n) is 4.26. The topological polar surface area (TPSA) is 63.7 Å². The molecule has 1 aromatic heterocycles. The first-order chi connectivity index (χ1) is 9.04. The average molecular weight is 287 g/mol. The molecule has 0 atom stereocenters. The van der Waals surface area contributed by atoms with Gasteiger partial charge in [-0.25, -0.2) is 9.78 Å². The van der Waals surface area contributed by atoms with Crippen molar-refractivity contribution < 1.29 is 14.3 Å². The van der Waals surface area contributed by atoms with Gasteiger partial charge in [0.1, 0.15) is 0 Å². The maximum atomic E-state index is 11.4. The van der Waals surface area contributed by atoms with Crippen LogP contribution >= 0.6 is 11.3 Å². The van der Waals surface area contributed by atoms with Crippen molar-refractivity contribution in [1.82, 2.24) is 9.88 Å². The van der Waals surface area contributed by atoms with E-state index in [1.807, 2.05) is 21.0 Å². The quantitative estimate of drug-likeness (QED) is 0.573. The van der Waals surface area contributed by atoms with Crippen molar-refractivity contribution in [2.45, 2.75) is 6.92 Å². The predicted octanol–water partition coefficient (Wildman–Crippen LogP) is 1.23. The van der Waals surface area contributed by atoms with Crippen molar-refractivity contribution >= 4 is 22.4 Å². The number of hydrogen-bond acceptors (Lipinski definition) is 7. The largest absolute Gasteiger partial charge is 0.464 e. The molecule has 0 unspecified atom stereocenters. The molecule has 0 aliphatic carbocycles. The summed E-state index contributed by atoms with van der Waals surface area (Å²) in [6.45, 7) is 4.74. The van der Waals surface area contributed by atoms with E-state index in [1.54, 1.807) is 0 Å². The highest BCUT2D eigenvalue weighted by Crippen LogP contribution is 2.22. The van der Waals surface area contributed by atoms with E-state index in [2.05, 4.69) is 19.9 Å². The summed E-state index contributed by atoms with van der Waals surface area (Å²) >= 11 is 1.44. The first kappa shape index (κ1) is 15.9. The first-order valence-corrected chi connectivity index (χ1v) is 6.88. The standard InChI is InChI=1S/C12H21N3O3S/c1-9-10(11(16)17-4)14-12(19-9)13-5-7-18-8-6-15(2)3/h5-8H2,1-4H3,(H,13,14). The molecule has 0 spiro atoms. The molecule has 1 heterocycles. The Morgan fingerprint density at radius 2 is 2.16 bits per heavy atom. The minimum atomic E-state index is -0.399. The molecule has 1 rings (SSSR count). The summed E-state index contributed by atoms with van der Waals surface area (Å²) in [6.07, 6.45) is 0. The maximum absolute atomic E-state index is 11.4. The Balaban J connectivity index is 2.28. The van der Waals surface area contributed by atoms with Crippen molar-refractivity contribution in [3.05, 3.63) is 10.6 Å². The van der Waals surface area contributed by atoms with Gasteiger partial charge in [0.15, 0.2) is 10.8 Å². The van der Waals surface area contributed by atoms with Gasteiger partial charge in [-0.2, -0.15) is 0 Å². The first-order valence-electron chi connectivity index (χ1n) is 6.06. The molecule has 0 saturated heterocycles. The molecular formula is C12H21N3O3S. The number of nitrogens with one attached hydrogen (secondary N) is 1. The van der Waals surface area contributed by atoms with E-state index in [0.29, 0.717) is 30.6 Å². The van der Waals surface area contributed by atoms with Crippen LogP contribution in [0.25, 0.3) is 0 Å². The zero-order chi connectivity index (χ0) is 14.3. The summed E-state index contributed by atoms with van der Waals surface area (Å²) < 4.78 is 10.1. The van der Waals surface area contributed by atoms with E-state index in [9.17, 15) is 4.79 Å². The molecule has 0 saturated carbocycles. The van der Waals surface area contributed by atoms with E-state index in [-0.39, 0.29) is 0 Å². The van der Waals surface area contributed by atoms with Crippen molar-refractivity contribution in [2.75, 3.05) is 52.8 Å². The van der Waals surface area contributed by atoms with E-state index in [1.165, 1.54) is 18.4 Å². The van der Waals surface area contributed by atoms with E-state index >= 15 is 0 Å². The van der Waals surface area contributed by atoms with Crippen molar-refractivity contribution in [2.24, 2.45) is 0 Å². The van der Waals surface area contributed by atoms with Gasteiger partial charge in [-0.05, 0) is 21.0 Å². The average Bonchev–Trinajstić information content (AvgIpc) is 2.73. The number of rotatable bonds is 8. The number of carbonyl (C=O) groups is 1. The van der Waals surface area contributed by atoms with Crippen LogP contribution in [0.4, 0.5) is 5.13 Å². The lowest BCUT2D eigenvalue weighted by Gasteiger charge is -2.09. The molecule has 0 aliphatic heterocycles. The molecule has 19 heavy (non-hydrogen) atoms. The molecule has 108 valence electrons. The number of aryl methyl sites for hydroxylation is 1. The minimum Gasteiger partial charge on any atom is -0.464 e. The van der Waals surface area contributed by atoms with Crippen LogP contribution in [0.15, 0.2) is 0 Å². The Morgan fingerprint density at radius 3 is 2.79 bits per heavy atom. The number of aromatic nitrogens is 1. The van der Waals surface area contributed by atoms with Gasteiger partial charge in [0.05, 0.1) is 20.3 Å². The van der Waals surface area contributed by atoms with Crippen LogP contribution in [-0.4, -0.2) is 63.4 Å². The van der Waals surface area contributed by atoms with Crippen molar-refractivity contribution in [3.8, 4) is 0 Å². The molecule has 0 amide bonds. The molecular weight excluding hydrogens is 266 g/mol. The van der Waals surface area contributed by atoms with E-state index in [0.717, 1.165) is 11.4 Å².